The number of ether oxygens (including phenoxy) is 2. The van der Waals surface area contributed by atoms with Crippen molar-refractivity contribution in [3.8, 4) is 11.5 Å². The number of benzene rings is 1. The largest absolute Gasteiger partial charge is 0.494 e. The third-order valence-electron chi connectivity index (χ3n) is 4.28. The van der Waals surface area contributed by atoms with Crippen LogP contribution in [0.15, 0.2) is 18.2 Å². The Kier molecular flexibility index (Phi) is 6.21. The van der Waals surface area contributed by atoms with Crippen molar-refractivity contribution in [1.82, 2.24) is 0 Å². The third kappa shape index (κ3) is 4.83. The van der Waals surface area contributed by atoms with Crippen molar-refractivity contribution in [2.24, 2.45) is 11.8 Å². The minimum absolute atomic E-state index is 0.684. The average molecular weight is 291 g/mol. The van der Waals surface area contributed by atoms with Crippen LogP contribution in [0.25, 0.3) is 0 Å². The maximum absolute atomic E-state index is 5.71. The topological polar surface area (TPSA) is 30.5 Å². The SMILES string of the molecule is CCOc1ccc(OCC)c(NCC2CCC(C)CC2)c1. The van der Waals surface area contributed by atoms with Gasteiger partial charge in [-0.2, -0.15) is 0 Å². The molecule has 0 saturated heterocycles. The van der Waals surface area contributed by atoms with Gasteiger partial charge < -0.3 is 14.8 Å². The molecule has 3 heteroatoms. The normalized spacial score (nSPS) is 21.9. The van der Waals surface area contributed by atoms with Crippen LogP contribution in [0.5, 0.6) is 11.5 Å². The molecule has 1 saturated carbocycles. The lowest BCUT2D eigenvalue weighted by Gasteiger charge is -2.27. The maximum atomic E-state index is 5.71. The van der Waals surface area contributed by atoms with Gasteiger partial charge in [-0.15, -0.1) is 0 Å². The smallest absolute Gasteiger partial charge is 0.142 e. The lowest BCUT2D eigenvalue weighted by molar-refractivity contribution is 0.299. The van der Waals surface area contributed by atoms with Gasteiger partial charge in [-0.25, -0.2) is 0 Å². The maximum Gasteiger partial charge on any atom is 0.142 e. The summed E-state index contributed by atoms with van der Waals surface area (Å²) >= 11 is 0. The summed E-state index contributed by atoms with van der Waals surface area (Å²) in [4.78, 5) is 0. The lowest BCUT2D eigenvalue weighted by Crippen LogP contribution is -2.20. The van der Waals surface area contributed by atoms with Gasteiger partial charge in [0.25, 0.3) is 0 Å². The Morgan fingerprint density at radius 3 is 2.43 bits per heavy atom. The van der Waals surface area contributed by atoms with E-state index in [2.05, 4.69) is 18.3 Å². The molecule has 2 rings (SSSR count). The van der Waals surface area contributed by atoms with Gasteiger partial charge in [-0.3, -0.25) is 0 Å². The molecule has 0 spiro atoms. The van der Waals surface area contributed by atoms with Gasteiger partial charge in [0.15, 0.2) is 0 Å². The minimum atomic E-state index is 0.684. The predicted molar refractivity (Wildman–Crippen MR) is 88.4 cm³/mol. The Hall–Kier alpha value is -1.38. The van der Waals surface area contributed by atoms with E-state index in [0.29, 0.717) is 13.2 Å². The minimum Gasteiger partial charge on any atom is -0.494 e. The van der Waals surface area contributed by atoms with E-state index in [1.807, 2.05) is 26.0 Å². The molecule has 1 aliphatic carbocycles. The first-order valence-electron chi connectivity index (χ1n) is 8.36. The van der Waals surface area contributed by atoms with Crippen LogP contribution in [0.3, 0.4) is 0 Å². The van der Waals surface area contributed by atoms with E-state index in [1.54, 1.807) is 0 Å². The van der Waals surface area contributed by atoms with Gasteiger partial charge in [0, 0.05) is 12.6 Å². The number of nitrogens with one attached hydrogen (secondary N) is 1. The van der Waals surface area contributed by atoms with Gasteiger partial charge in [-0.05, 0) is 50.7 Å². The summed E-state index contributed by atoms with van der Waals surface area (Å²) in [6.45, 7) is 8.79. The zero-order valence-electron chi connectivity index (χ0n) is 13.7. The molecule has 1 aromatic rings. The Morgan fingerprint density at radius 2 is 1.76 bits per heavy atom. The van der Waals surface area contributed by atoms with Crippen LogP contribution in [0.2, 0.25) is 0 Å². The molecule has 21 heavy (non-hydrogen) atoms. The molecule has 0 bridgehead atoms. The monoisotopic (exact) mass is 291 g/mol. The molecule has 1 aliphatic rings. The molecule has 0 heterocycles. The fourth-order valence-electron chi connectivity index (χ4n) is 2.97. The summed E-state index contributed by atoms with van der Waals surface area (Å²) < 4.78 is 11.3. The van der Waals surface area contributed by atoms with Crippen LogP contribution in [0.1, 0.15) is 46.5 Å². The third-order valence-corrected chi connectivity index (χ3v) is 4.28. The Morgan fingerprint density at radius 1 is 1.05 bits per heavy atom. The zero-order valence-corrected chi connectivity index (χ0v) is 13.7. The van der Waals surface area contributed by atoms with E-state index in [-0.39, 0.29) is 0 Å². The fraction of sp³-hybridized carbons (Fsp3) is 0.667. The van der Waals surface area contributed by atoms with Crippen LogP contribution in [-0.4, -0.2) is 19.8 Å². The van der Waals surface area contributed by atoms with Crippen molar-refractivity contribution < 1.29 is 9.47 Å². The van der Waals surface area contributed by atoms with E-state index in [1.165, 1.54) is 25.7 Å². The molecule has 0 atom stereocenters. The standard InChI is InChI=1S/C18H29NO2/c1-4-20-16-10-11-18(21-5-2)17(12-16)19-13-15-8-6-14(3)7-9-15/h10-12,14-15,19H,4-9,13H2,1-3H3. The summed E-state index contributed by atoms with van der Waals surface area (Å²) in [6.07, 6.45) is 5.40. The van der Waals surface area contributed by atoms with Gasteiger partial charge in [-0.1, -0.05) is 19.8 Å². The molecule has 1 aromatic carbocycles. The lowest BCUT2D eigenvalue weighted by atomic mass is 9.83. The molecule has 3 nitrogen and oxygen atoms in total. The molecule has 0 aromatic heterocycles. The fourth-order valence-corrected chi connectivity index (χ4v) is 2.97. The van der Waals surface area contributed by atoms with Crippen molar-refractivity contribution in [1.29, 1.82) is 0 Å². The molecule has 0 radical (unpaired) electrons. The van der Waals surface area contributed by atoms with Crippen LogP contribution in [0.4, 0.5) is 5.69 Å². The molecule has 1 fully saturated rings. The van der Waals surface area contributed by atoms with E-state index < -0.39 is 0 Å². The molecule has 0 aliphatic heterocycles. The molecular weight excluding hydrogens is 262 g/mol. The van der Waals surface area contributed by atoms with E-state index in [0.717, 1.165) is 35.6 Å². The average Bonchev–Trinajstić information content (AvgIpc) is 2.49. The molecule has 0 unspecified atom stereocenters. The first kappa shape index (κ1) is 16.0. The Bertz CT molecular complexity index is 425. The van der Waals surface area contributed by atoms with Crippen molar-refractivity contribution in [3.63, 3.8) is 0 Å². The summed E-state index contributed by atoms with van der Waals surface area (Å²) in [5.74, 6) is 3.51. The molecular formula is C18H29NO2. The van der Waals surface area contributed by atoms with E-state index >= 15 is 0 Å². The number of rotatable bonds is 7. The summed E-state index contributed by atoms with van der Waals surface area (Å²) in [5, 5.41) is 3.58. The van der Waals surface area contributed by atoms with Crippen LogP contribution >= 0.6 is 0 Å². The summed E-state index contributed by atoms with van der Waals surface area (Å²) in [7, 11) is 0. The van der Waals surface area contributed by atoms with Gasteiger partial charge in [0.2, 0.25) is 0 Å². The number of anilines is 1. The first-order chi connectivity index (χ1) is 10.2. The van der Waals surface area contributed by atoms with Gasteiger partial charge >= 0.3 is 0 Å². The number of hydrogen-bond acceptors (Lipinski definition) is 3. The van der Waals surface area contributed by atoms with Crippen molar-refractivity contribution in [2.45, 2.75) is 46.5 Å². The van der Waals surface area contributed by atoms with Gasteiger partial charge in [0.05, 0.1) is 18.9 Å². The second kappa shape index (κ2) is 8.16. The molecule has 1 N–H and O–H groups in total. The van der Waals surface area contributed by atoms with Crippen molar-refractivity contribution in [2.75, 3.05) is 25.1 Å². The van der Waals surface area contributed by atoms with Crippen LogP contribution in [-0.2, 0) is 0 Å². The highest BCUT2D eigenvalue weighted by atomic mass is 16.5. The van der Waals surface area contributed by atoms with Crippen LogP contribution in [0, 0.1) is 11.8 Å². The predicted octanol–water partition coefficient (Wildman–Crippen LogP) is 4.72. The van der Waals surface area contributed by atoms with Crippen LogP contribution < -0.4 is 14.8 Å². The van der Waals surface area contributed by atoms with E-state index in [9.17, 15) is 0 Å². The number of hydrogen-bond donors (Lipinski definition) is 1. The summed E-state index contributed by atoms with van der Waals surface area (Å²) in [5.41, 5.74) is 1.06. The second-order valence-electron chi connectivity index (χ2n) is 6.03. The highest BCUT2D eigenvalue weighted by Crippen LogP contribution is 2.32. The van der Waals surface area contributed by atoms with E-state index in [4.69, 9.17) is 9.47 Å². The Labute approximate surface area is 129 Å². The Balaban J connectivity index is 1.97. The highest BCUT2D eigenvalue weighted by Gasteiger charge is 2.18. The zero-order chi connectivity index (χ0) is 15.1. The van der Waals surface area contributed by atoms with Crippen molar-refractivity contribution in [3.05, 3.63) is 18.2 Å². The molecule has 118 valence electrons. The second-order valence-corrected chi connectivity index (χ2v) is 6.03. The molecule has 0 amide bonds. The summed E-state index contributed by atoms with van der Waals surface area (Å²) in [6, 6.07) is 6.03. The quantitative estimate of drug-likeness (QED) is 0.788. The van der Waals surface area contributed by atoms with Crippen molar-refractivity contribution >= 4 is 5.69 Å². The first-order valence-corrected chi connectivity index (χ1v) is 8.36. The highest BCUT2D eigenvalue weighted by molar-refractivity contribution is 5.59. The van der Waals surface area contributed by atoms with Gasteiger partial charge in [0.1, 0.15) is 11.5 Å².